The molecule has 3 rings (SSSR count). The van der Waals surface area contributed by atoms with Crippen LogP contribution in [-0.4, -0.2) is 29.2 Å². The molecule has 1 heterocycles. The summed E-state index contributed by atoms with van der Waals surface area (Å²) in [4.78, 5) is 20.4. The first-order valence-electron chi connectivity index (χ1n) is 9.63. The zero-order valence-electron chi connectivity index (χ0n) is 16.4. The molecular formula is C23H28N2O2. The van der Waals surface area contributed by atoms with Crippen molar-refractivity contribution in [1.29, 1.82) is 0 Å². The lowest BCUT2D eigenvalue weighted by molar-refractivity contribution is -0.134. The van der Waals surface area contributed by atoms with Crippen molar-refractivity contribution in [2.24, 2.45) is 11.1 Å². The van der Waals surface area contributed by atoms with Gasteiger partial charge in [0.1, 0.15) is 0 Å². The summed E-state index contributed by atoms with van der Waals surface area (Å²) in [5.74, 6) is 0.501. The average Bonchev–Trinajstić information content (AvgIpc) is 3.10. The molecular weight excluding hydrogens is 336 g/mol. The maximum absolute atomic E-state index is 12.8. The Hall–Kier alpha value is -2.62. The predicted octanol–water partition coefficient (Wildman–Crippen LogP) is 4.56. The third-order valence-electron chi connectivity index (χ3n) is 4.76. The summed E-state index contributed by atoms with van der Waals surface area (Å²) in [6, 6.07) is 18.3. The van der Waals surface area contributed by atoms with Gasteiger partial charge in [0.2, 0.25) is 5.91 Å². The number of rotatable bonds is 7. The van der Waals surface area contributed by atoms with Gasteiger partial charge in [-0.05, 0) is 24.0 Å². The lowest BCUT2D eigenvalue weighted by atomic mass is 10.00. The van der Waals surface area contributed by atoms with E-state index in [9.17, 15) is 4.79 Å². The van der Waals surface area contributed by atoms with Crippen LogP contribution >= 0.6 is 0 Å². The summed E-state index contributed by atoms with van der Waals surface area (Å²) in [6.45, 7) is 7.39. The molecule has 0 bridgehead atoms. The third kappa shape index (κ3) is 5.19. The molecule has 0 aromatic heterocycles. The van der Waals surface area contributed by atoms with E-state index >= 15 is 0 Å². The van der Waals surface area contributed by atoms with Crippen LogP contribution in [0.25, 0.3) is 0 Å². The van der Waals surface area contributed by atoms with Crippen LogP contribution in [0.5, 0.6) is 0 Å². The monoisotopic (exact) mass is 364 g/mol. The Kier molecular flexibility index (Phi) is 6.28. The number of hydrogen-bond donors (Lipinski definition) is 0. The number of aryl methyl sites for hydroxylation is 1. The third-order valence-corrected chi connectivity index (χ3v) is 4.76. The number of benzene rings is 2. The quantitative estimate of drug-likeness (QED) is 0.722. The van der Waals surface area contributed by atoms with Gasteiger partial charge in [-0.2, -0.15) is 0 Å². The van der Waals surface area contributed by atoms with E-state index in [-0.39, 0.29) is 12.0 Å². The van der Waals surface area contributed by atoms with Crippen LogP contribution in [0.1, 0.15) is 43.4 Å². The maximum Gasteiger partial charge on any atom is 0.223 e. The molecule has 0 saturated heterocycles. The van der Waals surface area contributed by atoms with Crippen molar-refractivity contribution >= 4 is 11.6 Å². The minimum atomic E-state index is -0.0977. The molecule has 142 valence electrons. The van der Waals surface area contributed by atoms with Gasteiger partial charge in [-0.1, -0.05) is 73.6 Å². The van der Waals surface area contributed by atoms with Crippen molar-refractivity contribution in [2.45, 2.75) is 46.3 Å². The number of hydrogen-bond acceptors (Lipinski definition) is 3. The van der Waals surface area contributed by atoms with E-state index in [2.05, 4.69) is 50.2 Å². The Balaban J connectivity index is 1.67. The highest BCUT2D eigenvalue weighted by Crippen LogP contribution is 2.21. The average molecular weight is 364 g/mol. The van der Waals surface area contributed by atoms with Gasteiger partial charge in [0, 0.05) is 24.9 Å². The van der Waals surface area contributed by atoms with Crippen molar-refractivity contribution in [3.05, 3.63) is 71.3 Å². The van der Waals surface area contributed by atoms with Crippen molar-refractivity contribution in [3.63, 3.8) is 0 Å². The van der Waals surface area contributed by atoms with Gasteiger partial charge < -0.3 is 9.74 Å². The smallest absolute Gasteiger partial charge is 0.223 e. The molecule has 0 radical (unpaired) electrons. The molecule has 0 N–H and O–H groups in total. The fraction of sp³-hybridized carbons (Fsp3) is 0.391. The molecule has 4 nitrogen and oxygen atoms in total. The van der Waals surface area contributed by atoms with Crippen molar-refractivity contribution < 1.29 is 9.63 Å². The fourth-order valence-corrected chi connectivity index (χ4v) is 3.36. The van der Waals surface area contributed by atoms with Crippen LogP contribution in [0.4, 0.5) is 0 Å². The topological polar surface area (TPSA) is 41.9 Å². The van der Waals surface area contributed by atoms with Gasteiger partial charge in [0.25, 0.3) is 0 Å². The molecule has 0 fully saturated rings. The fourth-order valence-electron chi connectivity index (χ4n) is 3.36. The predicted molar refractivity (Wildman–Crippen MR) is 109 cm³/mol. The molecule has 0 spiro atoms. The minimum absolute atomic E-state index is 0.0977. The molecule has 27 heavy (non-hydrogen) atoms. The number of amides is 1. The van der Waals surface area contributed by atoms with Crippen molar-refractivity contribution in [1.82, 2.24) is 4.90 Å². The van der Waals surface area contributed by atoms with Crippen LogP contribution in [0, 0.1) is 12.8 Å². The van der Waals surface area contributed by atoms with Crippen LogP contribution in [-0.2, 0) is 16.2 Å². The Bertz CT molecular complexity index is 799. The largest absolute Gasteiger partial charge is 0.390 e. The van der Waals surface area contributed by atoms with Gasteiger partial charge >= 0.3 is 0 Å². The van der Waals surface area contributed by atoms with E-state index in [0.29, 0.717) is 25.4 Å². The van der Waals surface area contributed by atoms with Gasteiger partial charge in [-0.3, -0.25) is 4.79 Å². The van der Waals surface area contributed by atoms with Gasteiger partial charge in [0.15, 0.2) is 6.10 Å². The van der Waals surface area contributed by atoms with E-state index in [4.69, 9.17) is 4.84 Å². The molecule has 1 amide bonds. The highest BCUT2D eigenvalue weighted by molar-refractivity contribution is 6.02. The summed E-state index contributed by atoms with van der Waals surface area (Å²) in [6.07, 6.45) is 1.18. The van der Waals surface area contributed by atoms with Crippen molar-refractivity contribution in [2.75, 3.05) is 6.54 Å². The molecule has 1 aliphatic rings. The second kappa shape index (κ2) is 8.85. The van der Waals surface area contributed by atoms with Crippen molar-refractivity contribution in [3.8, 4) is 0 Å². The molecule has 2 aromatic rings. The van der Waals surface area contributed by atoms with Gasteiger partial charge in [0.05, 0.1) is 12.3 Å². The van der Waals surface area contributed by atoms with E-state index in [0.717, 1.165) is 23.3 Å². The number of oxime groups is 1. The Morgan fingerprint density at radius 2 is 1.85 bits per heavy atom. The van der Waals surface area contributed by atoms with Gasteiger partial charge in [-0.25, -0.2) is 0 Å². The zero-order valence-corrected chi connectivity index (χ0v) is 16.4. The maximum atomic E-state index is 12.8. The van der Waals surface area contributed by atoms with Crippen LogP contribution in [0.15, 0.2) is 59.8 Å². The summed E-state index contributed by atoms with van der Waals surface area (Å²) in [7, 11) is 0. The molecule has 0 aliphatic carbocycles. The molecule has 4 heteroatoms. The van der Waals surface area contributed by atoms with E-state index in [1.807, 2.05) is 35.2 Å². The first kappa shape index (κ1) is 19.2. The second-order valence-electron chi connectivity index (χ2n) is 7.64. The minimum Gasteiger partial charge on any atom is -0.390 e. The van der Waals surface area contributed by atoms with Gasteiger partial charge in [-0.15, -0.1) is 0 Å². The normalized spacial score (nSPS) is 16.1. The molecule has 1 atom stereocenters. The summed E-state index contributed by atoms with van der Waals surface area (Å²) < 4.78 is 0. The SMILES string of the molecule is Cc1ccccc1C1=NO[C@H](CN(Cc2ccccc2)C(=O)CC(C)C)C1. The van der Waals surface area contributed by atoms with E-state index in [1.165, 1.54) is 5.56 Å². The summed E-state index contributed by atoms with van der Waals surface area (Å²) in [5, 5.41) is 4.31. The van der Waals surface area contributed by atoms with E-state index < -0.39 is 0 Å². The number of nitrogens with zero attached hydrogens (tertiary/aromatic N) is 2. The Morgan fingerprint density at radius 1 is 1.15 bits per heavy atom. The molecule has 2 aromatic carbocycles. The lowest BCUT2D eigenvalue weighted by Crippen LogP contribution is -2.37. The Labute approximate surface area is 161 Å². The van der Waals surface area contributed by atoms with E-state index in [1.54, 1.807) is 0 Å². The molecule has 0 unspecified atom stereocenters. The summed E-state index contributed by atoms with van der Waals surface area (Å²) >= 11 is 0. The standard InChI is InChI=1S/C23H28N2O2/c1-17(2)13-23(26)25(15-19-10-5-4-6-11-19)16-20-14-22(24-27-20)21-12-8-7-9-18(21)3/h4-12,17,20H,13-16H2,1-3H3/t20-/m0/s1. The first-order valence-corrected chi connectivity index (χ1v) is 9.63. The summed E-state index contributed by atoms with van der Waals surface area (Å²) in [5.41, 5.74) is 4.42. The molecule has 1 aliphatic heterocycles. The highest BCUT2D eigenvalue weighted by atomic mass is 16.6. The van der Waals surface area contributed by atoms with Crippen LogP contribution in [0.3, 0.4) is 0 Å². The van der Waals surface area contributed by atoms with Crippen LogP contribution < -0.4 is 0 Å². The number of carbonyl (C=O) groups excluding carboxylic acids is 1. The lowest BCUT2D eigenvalue weighted by Gasteiger charge is -2.26. The zero-order chi connectivity index (χ0) is 19.2. The van der Waals surface area contributed by atoms with Crippen LogP contribution in [0.2, 0.25) is 0 Å². The molecule has 0 saturated carbocycles. The number of carbonyl (C=O) groups is 1. The first-order chi connectivity index (χ1) is 13.0. The Morgan fingerprint density at radius 3 is 2.56 bits per heavy atom. The highest BCUT2D eigenvalue weighted by Gasteiger charge is 2.27. The second-order valence-corrected chi connectivity index (χ2v) is 7.64.